The van der Waals surface area contributed by atoms with Gasteiger partial charge in [0, 0.05) is 11.0 Å². The Morgan fingerprint density at radius 2 is 2.50 bits per heavy atom. The van der Waals surface area contributed by atoms with Crippen LogP contribution in [-0.2, 0) is 0 Å². The molecule has 0 amide bonds. The molecule has 44 valence electrons. The summed E-state index contributed by atoms with van der Waals surface area (Å²) in [6.07, 6.45) is 5.78. The average molecular weight is 127 g/mol. The second-order valence-corrected chi connectivity index (χ2v) is 3.23. The number of nitrogens with zero attached hydrogens (tertiary/aromatic N) is 1. The third-order valence-corrected chi connectivity index (χ3v) is 1.35. The Morgan fingerprint density at radius 1 is 1.75 bits per heavy atom. The lowest BCUT2D eigenvalue weighted by molar-refractivity contribution is 0.801. The van der Waals surface area contributed by atoms with Crippen LogP contribution in [0.25, 0.3) is 0 Å². The van der Waals surface area contributed by atoms with Gasteiger partial charge in [-0.25, -0.2) is 0 Å². The first kappa shape index (κ1) is 5.89. The molecule has 8 heavy (non-hydrogen) atoms. The zero-order valence-corrected chi connectivity index (χ0v) is 5.73. The first-order valence-electron chi connectivity index (χ1n) is 2.61. The number of aliphatic imine (C=N–C) groups is 1. The van der Waals surface area contributed by atoms with Gasteiger partial charge >= 0.3 is 0 Å². The molecule has 1 aliphatic rings. The van der Waals surface area contributed by atoms with Crippen LogP contribution in [0, 0.1) is 0 Å². The lowest BCUT2D eigenvalue weighted by Crippen LogP contribution is -2.19. The first-order chi connectivity index (χ1) is 3.71. The van der Waals surface area contributed by atoms with Crippen molar-refractivity contribution in [3.05, 3.63) is 12.2 Å². The van der Waals surface area contributed by atoms with E-state index in [-0.39, 0.29) is 4.75 Å². The van der Waals surface area contributed by atoms with E-state index in [9.17, 15) is 0 Å². The molecule has 0 saturated carbocycles. The Bertz CT molecular complexity index is 135. The number of hydrogen-bond acceptors (Lipinski definition) is 2. The quantitative estimate of drug-likeness (QED) is 0.471. The van der Waals surface area contributed by atoms with Crippen molar-refractivity contribution in [2.75, 3.05) is 6.54 Å². The van der Waals surface area contributed by atoms with Gasteiger partial charge < -0.3 is 0 Å². The summed E-state index contributed by atoms with van der Waals surface area (Å²) in [5.74, 6) is 0. The van der Waals surface area contributed by atoms with E-state index in [1.165, 1.54) is 0 Å². The Labute approximate surface area is 54.9 Å². The van der Waals surface area contributed by atoms with Crippen LogP contribution in [0.5, 0.6) is 0 Å². The second kappa shape index (κ2) is 1.94. The summed E-state index contributed by atoms with van der Waals surface area (Å²) in [6, 6.07) is 0. The van der Waals surface area contributed by atoms with Crippen LogP contribution in [0.4, 0.5) is 0 Å². The van der Waals surface area contributed by atoms with Crippen molar-refractivity contribution in [2.24, 2.45) is 4.99 Å². The predicted molar refractivity (Wildman–Crippen MR) is 39.9 cm³/mol. The Balaban J connectivity index is 2.65. The molecule has 1 heterocycles. The molecule has 0 aromatic heterocycles. The third-order valence-electron chi connectivity index (χ3n) is 1.06. The van der Waals surface area contributed by atoms with E-state index >= 15 is 0 Å². The summed E-state index contributed by atoms with van der Waals surface area (Å²) in [5.41, 5.74) is 0. The van der Waals surface area contributed by atoms with E-state index < -0.39 is 0 Å². The zero-order valence-electron chi connectivity index (χ0n) is 4.83. The molecule has 1 unspecified atom stereocenters. The topological polar surface area (TPSA) is 12.4 Å². The molecule has 0 radical (unpaired) electrons. The van der Waals surface area contributed by atoms with Crippen molar-refractivity contribution < 1.29 is 0 Å². The van der Waals surface area contributed by atoms with Crippen LogP contribution < -0.4 is 0 Å². The molecule has 0 bridgehead atoms. The van der Waals surface area contributed by atoms with Gasteiger partial charge in [0.25, 0.3) is 0 Å². The molecule has 1 nitrogen and oxygen atoms in total. The Kier molecular flexibility index (Phi) is 1.43. The predicted octanol–water partition coefficient (Wildman–Crippen LogP) is 1.32. The third kappa shape index (κ3) is 1.37. The molecule has 0 fully saturated rings. The summed E-state index contributed by atoms with van der Waals surface area (Å²) in [6.45, 7) is 2.84. The van der Waals surface area contributed by atoms with Crippen molar-refractivity contribution in [1.82, 2.24) is 0 Å². The van der Waals surface area contributed by atoms with Crippen molar-refractivity contribution in [1.29, 1.82) is 0 Å². The summed E-state index contributed by atoms with van der Waals surface area (Å²) in [4.78, 5) is 4.04. The highest BCUT2D eigenvalue weighted by molar-refractivity contribution is 7.82. The molecule has 0 N–H and O–H groups in total. The van der Waals surface area contributed by atoms with Gasteiger partial charge in [-0.2, -0.15) is 12.6 Å². The van der Waals surface area contributed by atoms with E-state index in [0.717, 1.165) is 6.54 Å². The molecule has 0 aliphatic carbocycles. The number of allylic oxidation sites excluding steroid dienone is 1. The van der Waals surface area contributed by atoms with Gasteiger partial charge in [0.05, 0.1) is 6.54 Å². The molecule has 0 spiro atoms. The summed E-state index contributed by atoms with van der Waals surface area (Å²) >= 11 is 4.32. The molecular weight excluding hydrogens is 118 g/mol. The molecule has 1 atom stereocenters. The minimum atomic E-state index is -0.00521. The molecule has 0 saturated heterocycles. The van der Waals surface area contributed by atoms with Crippen LogP contribution in [0.1, 0.15) is 6.92 Å². The molecule has 0 aromatic rings. The van der Waals surface area contributed by atoms with E-state index in [4.69, 9.17) is 0 Å². The van der Waals surface area contributed by atoms with Gasteiger partial charge in [-0.1, -0.05) is 6.08 Å². The van der Waals surface area contributed by atoms with E-state index in [1.54, 1.807) is 6.21 Å². The highest BCUT2D eigenvalue weighted by Gasteiger charge is 2.14. The van der Waals surface area contributed by atoms with Crippen molar-refractivity contribution in [2.45, 2.75) is 11.7 Å². The van der Waals surface area contributed by atoms with Gasteiger partial charge in [0.2, 0.25) is 0 Å². The van der Waals surface area contributed by atoms with Crippen LogP contribution >= 0.6 is 12.6 Å². The normalized spacial score (nSPS) is 35.8. The summed E-state index contributed by atoms with van der Waals surface area (Å²) in [5, 5.41) is 0. The average Bonchev–Trinajstić information content (AvgIpc) is 1.65. The fourth-order valence-corrected chi connectivity index (χ4v) is 0.769. The lowest BCUT2D eigenvalue weighted by atomic mass is 10.1. The van der Waals surface area contributed by atoms with Crippen LogP contribution in [0.3, 0.4) is 0 Å². The highest BCUT2D eigenvalue weighted by Crippen LogP contribution is 2.16. The van der Waals surface area contributed by atoms with E-state index in [0.29, 0.717) is 0 Å². The van der Waals surface area contributed by atoms with Crippen molar-refractivity contribution in [3.63, 3.8) is 0 Å². The standard InChI is InChI=1S/C6H9NS/c1-6(8)3-2-4-7-5-6/h2-4,8H,5H2,1H3. The van der Waals surface area contributed by atoms with Gasteiger partial charge in [-0.05, 0) is 13.0 Å². The number of hydrogen-bond donors (Lipinski definition) is 1. The van der Waals surface area contributed by atoms with E-state index in [1.807, 2.05) is 19.1 Å². The smallest absolute Gasteiger partial charge is 0.0566 e. The van der Waals surface area contributed by atoms with E-state index in [2.05, 4.69) is 17.6 Å². The SMILES string of the molecule is CC1(S)C=CC=NC1. The Morgan fingerprint density at radius 3 is 2.75 bits per heavy atom. The largest absolute Gasteiger partial charge is 0.291 e. The first-order valence-corrected chi connectivity index (χ1v) is 3.05. The molecule has 2 heteroatoms. The van der Waals surface area contributed by atoms with Gasteiger partial charge in [0.1, 0.15) is 0 Å². The zero-order chi connectivity index (χ0) is 6.04. The number of dihydropyridines is 1. The van der Waals surface area contributed by atoms with Crippen LogP contribution in [-0.4, -0.2) is 17.5 Å². The maximum atomic E-state index is 4.32. The minimum Gasteiger partial charge on any atom is -0.291 e. The summed E-state index contributed by atoms with van der Waals surface area (Å²) < 4.78 is -0.00521. The lowest BCUT2D eigenvalue weighted by Gasteiger charge is -2.17. The molecule has 1 aliphatic heterocycles. The molecular formula is C6H9NS. The highest BCUT2D eigenvalue weighted by atomic mass is 32.1. The molecule has 1 rings (SSSR count). The van der Waals surface area contributed by atoms with Gasteiger partial charge in [0.15, 0.2) is 0 Å². The fraction of sp³-hybridized carbons (Fsp3) is 0.500. The second-order valence-electron chi connectivity index (χ2n) is 2.21. The van der Waals surface area contributed by atoms with Gasteiger partial charge in [-0.15, -0.1) is 0 Å². The maximum absolute atomic E-state index is 4.32. The maximum Gasteiger partial charge on any atom is 0.0566 e. The van der Waals surface area contributed by atoms with Crippen molar-refractivity contribution in [3.8, 4) is 0 Å². The van der Waals surface area contributed by atoms with Crippen molar-refractivity contribution >= 4 is 18.8 Å². The summed E-state index contributed by atoms with van der Waals surface area (Å²) in [7, 11) is 0. The monoisotopic (exact) mass is 127 g/mol. The Hall–Kier alpha value is -0.240. The minimum absolute atomic E-state index is 0.00521. The van der Waals surface area contributed by atoms with Crippen LogP contribution in [0.2, 0.25) is 0 Å². The number of rotatable bonds is 0. The van der Waals surface area contributed by atoms with Gasteiger partial charge in [-0.3, -0.25) is 4.99 Å². The fourth-order valence-electron chi connectivity index (χ4n) is 0.601. The number of thiol groups is 1. The van der Waals surface area contributed by atoms with Crippen LogP contribution in [0.15, 0.2) is 17.1 Å². The molecule has 0 aromatic carbocycles.